The van der Waals surface area contributed by atoms with Crippen molar-refractivity contribution in [3.05, 3.63) is 64.1 Å². The fourth-order valence-corrected chi connectivity index (χ4v) is 1.38. The van der Waals surface area contributed by atoms with E-state index in [4.69, 9.17) is 33.4 Å². The van der Waals surface area contributed by atoms with E-state index in [2.05, 4.69) is 0 Å². The van der Waals surface area contributed by atoms with Gasteiger partial charge < -0.3 is 10.2 Å². The highest BCUT2D eigenvalue weighted by molar-refractivity contribution is 6.30. The molecule has 0 fully saturated rings. The van der Waals surface area contributed by atoms with Crippen molar-refractivity contribution in [1.29, 1.82) is 0 Å². The van der Waals surface area contributed by atoms with E-state index in [0.29, 0.717) is 10.0 Å². The zero-order chi connectivity index (χ0) is 13.5. The van der Waals surface area contributed by atoms with E-state index in [1.807, 2.05) is 0 Å². The first-order valence-electron chi connectivity index (χ1n) is 4.92. The van der Waals surface area contributed by atoms with Crippen LogP contribution in [0, 0.1) is 0 Å². The molecule has 0 amide bonds. The largest absolute Gasteiger partial charge is 0.508 e. The fraction of sp³-hybridized carbons (Fsp3) is 0. The Morgan fingerprint density at radius 3 is 1.94 bits per heavy atom. The Hall–Kier alpha value is -1.71. The fourth-order valence-electron chi connectivity index (χ4n) is 1.07. The highest BCUT2D eigenvalue weighted by Crippen LogP contribution is 2.14. The third-order valence-corrected chi connectivity index (χ3v) is 2.39. The highest BCUT2D eigenvalue weighted by atomic mass is 35.5. The molecule has 0 heterocycles. The van der Waals surface area contributed by atoms with Gasteiger partial charge in [-0.1, -0.05) is 29.3 Å². The monoisotopic (exact) mass is 284 g/mol. The maximum absolute atomic E-state index is 10.3. The maximum Gasteiger partial charge on any atom is 0.335 e. The Balaban J connectivity index is 0.000000184. The molecule has 2 rings (SSSR count). The second kappa shape index (κ2) is 6.89. The Morgan fingerprint density at radius 2 is 1.56 bits per heavy atom. The number of carboxylic acids is 1. The molecule has 0 bridgehead atoms. The Labute approximate surface area is 114 Å². The topological polar surface area (TPSA) is 57.5 Å². The summed E-state index contributed by atoms with van der Waals surface area (Å²) in [6.45, 7) is 0. The number of carbonyl (C=O) groups is 1. The molecule has 0 aliphatic carbocycles. The summed E-state index contributed by atoms with van der Waals surface area (Å²) < 4.78 is 0. The van der Waals surface area contributed by atoms with Crippen molar-refractivity contribution in [1.82, 2.24) is 0 Å². The summed E-state index contributed by atoms with van der Waals surface area (Å²) in [6, 6.07) is 12.5. The van der Waals surface area contributed by atoms with Crippen LogP contribution in [-0.4, -0.2) is 16.2 Å². The summed E-state index contributed by atoms with van der Waals surface area (Å²) in [5.41, 5.74) is 0.254. The molecule has 0 unspecified atom stereocenters. The van der Waals surface area contributed by atoms with Gasteiger partial charge in [-0.3, -0.25) is 0 Å². The van der Waals surface area contributed by atoms with E-state index in [-0.39, 0.29) is 11.3 Å². The van der Waals surface area contributed by atoms with Crippen molar-refractivity contribution in [2.75, 3.05) is 0 Å². The highest BCUT2D eigenvalue weighted by Gasteiger charge is 1.99. The van der Waals surface area contributed by atoms with E-state index >= 15 is 0 Å². The summed E-state index contributed by atoms with van der Waals surface area (Å²) in [6.07, 6.45) is 0. The van der Waals surface area contributed by atoms with E-state index in [1.54, 1.807) is 30.3 Å². The van der Waals surface area contributed by atoms with Gasteiger partial charge in [0.05, 0.1) is 5.56 Å². The van der Waals surface area contributed by atoms with Gasteiger partial charge in [0.25, 0.3) is 0 Å². The first-order valence-corrected chi connectivity index (χ1v) is 5.68. The second-order valence-corrected chi connectivity index (χ2v) is 4.16. The minimum Gasteiger partial charge on any atom is -0.508 e. The summed E-state index contributed by atoms with van der Waals surface area (Å²) in [5, 5.41) is 18.3. The van der Waals surface area contributed by atoms with Crippen molar-refractivity contribution in [3.8, 4) is 5.75 Å². The van der Waals surface area contributed by atoms with Crippen molar-refractivity contribution in [2.45, 2.75) is 0 Å². The Bertz CT molecular complexity index is 507. The van der Waals surface area contributed by atoms with Crippen molar-refractivity contribution < 1.29 is 15.0 Å². The van der Waals surface area contributed by atoms with Crippen LogP contribution in [-0.2, 0) is 0 Å². The average Bonchev–Trinajstić information content (AvgIpc) is 2.30. The van der Waals surface area contributed by atoms with Gasteiger partial charge in [0.2, 0.25) is 0 Å². The van der Waals surface area contributed by atoms with Crippen LogP contribution in [0.15, 0.2) is 48.5 Å². The molecular formula is C13H10Cl2O3. The van der Waals surface area contributed by atoms with Crippen LogP contribution < -0.4 is 0 Å². The molecule has 5 heteroatoms. The van der Waals surface area contributed by atoms with Crippen LogP contribution in [0.1, 0.15) is 10.4 Å². The quantitative estimate of drug-likeness (QED) is 0.829. The number of hydrogen-bond donors (Lipinski definition) is 2. The number of hydrogen-bond acceptors (Lipinski definition) is 2. The van der Waals surface area contributed by atoms with Gasteiger partial charge in [-0.15, -0.1) is 0 Å². The van der Waals surface area contributed by atoms with Crippen molar-refractivity contribution in [3.63, 3.8) is 0 Å². The minimum absolute atomic E-state index is 0.206. The lowest BCUT2D eigenvalue weighted by Crippen LogP contribution is -1.94. The Kier molecular flexibility index (Phi) is 5.49. The first kappa shape index (κ1) is 14.4. The molecule has 0 saturated carbocycles. The number of carboxylic acid groups (broad SMARTS) is 1. The molecule has 18 heavy (non-hydrogen) atoms. The number of phenolic OH excluding ortho intramolecular Hbond substituents is 1. The molecule has 0 atom stereocenters. The third kappa shape index (κ3) is 5.08. The number of phenols is 1. The van der Waals surface area contributed by atoms with Gasteiger partial charge in [0, 0.05) is 10.0 Å². The van der Waals surface area contributed by atoms with Gasteiger partial charge >= 0.3 is 5.97 Å². The lowest BCUT2D eigenvalue weighted by atomic mass is 10.2. The number of halogens is 2. The van der Waals surface area contributed by atoms with Crippen molar-refractivity contribution in [2.24, 2.45) is 0 Å². The Morgan fingerprint density at radius 1 is 0.944 bits per heavy atom. The van der Waals surface area contributed by atoms with E-state index in [0.717, 1.165) is 0 Å². The predicted octanol–water partition coefficient (Wildman–Crippen LogP) is 4.08. The van der Waals surface area contributed by atoms with Gasteiger partial charge in [-0.05, 0) is 42.5 Å². The number of aromatic hydroxyl groups is 1. The molecule has 0 radical (unpaired) electrons. The van der Waals surface area contributed by atoms with Crippen LogP contribution in [0.2, 0.25) is 10.0 Å². The van der Waals surface area contributed by atoms with Crippen LogP contribution in [0.4, 0.5) is 0 Å². The smallest absolute Gasteiger partial charge is 0.335 e. The molecule has 2 aromatic rings. The zero-order valence-corrected chi connectivity index (χ0v) is 10.7. The van der Waals surface area contributed by atoms with Crippen LogP contribution >= 0.6 is 23.2 Å². The van der Waals surface area contributed by atoms with Crippen LogP contribution in [0.3, 0.4) is 0 Å². The maximum atomic E-state index is 10.3. The standard InChI is InChI=1S/C7H5ClO2.C6H5ClO/c8-6-3-1-5(2-4-6)7(9)10;7-5-2-1-3-6(8)4-5/h1-4H,(H,9,10);1-4,8H. The van der Waals surface area contributed by atoms with Gasteiger partial charge in [0.1, 0.15) is 5.75 Å². The minimum atomic E-state index is -0.934. The zero-order valence-electron chi connectivity index (χ0n) is 9.18. The van der Waals surface area contributed by atoms with Gasteiger partial charge in [-0.2, -0.15) is 0 Å². The summed E-state index contributed by atoms with van der Waals surface area (Å²) in [5.74, 6) is -0.728. The molecule has 0 aliphatic heterocycles. The molecule has 0 spiro atoms. The molecular weight excluding hydrogens is 275 g/mol. The lowest BCUT2D eigenvalue weighted by Gasteiger charge is -1.91. The normalized spacial score (nSPS) is 9.22. The SMILES string of the molecule is O=C(O)c1ccc(Cl)cc1.Oc1cccc(Cl)c1. The molecule has 0 saturated heterocycles. The second-order valence-electron chi connectivity index (χ2n) is 3.29. The number of benzene rings is 2. The molecule has 0 aromatic heterocycles. The number of rotatable bonds is 1. The first-order chi connectivity index (χ1) is 8.49. The number of aromatic carboxylic acids is 1. The molecule has 2 aromatic carbocycles. The summed E-state index contributed by atoms with van der Waals surface area (Å²) in [4.78, 5) is 10.3. The molecule has 94 valence electrons. The molecule has 2 N–H and O–H groups in total. The molecule has 0 aliphatic rings. The van der Waals surface area contributed by atoms with E-state index in [1.165, 1.54) is 18.2 Å². The van der Waals surface area contributed by atoms with E-state index in [9.17, 15) is 4.79 Å². The average molecular weight is 285 g/mol. The van der Waals surface area contributed by atoms with Crippen LogP contribution in [0.25, 0.3) is 0 Å². The summed E-state index contributed by atoms with van der Waals surface area (Å²) >= 11 is 11.0. The molecule has 3 nitrogen and oxygen atoms in total. The van der Waals surface area contributed by atoms with Crippen molar-refractivity contribution >= 4 is 29.2 Å². The van der Waals surface area contributed by atoms with Gasteiger partial charge in [0.15, 0.2) is 0 Å². The third-order valence-electron chi connectivity index (χ3n) is 1.90. The van der Waals surface area contributed by atoms with E-state index < -0.39 is 5.97 Å². The lowest BCUT2D eigenvalue weighted by molar-refractivity contribution is 0.0697. The summed E-state index contributed by atoms with van der Waals surface area (Å²) in [7, 11) is 0. The van der Waals surface area contributed by atoms with Gasteiger partial charge in [-0.25, -0.2) is 4.79 Å². The predicted molar refractivity (Wildman–Crippen MR) is 71.5 cm³/mol. The van der Waals surface area contributed by atoms with Crippen LogP contribution in [0.5, 0.6) is 5.75 Å².